The first-order chi connectivity index (χ1) is 10.1. The van der Waals surface area contributed by atoms with Crippen LogP contribution in [0.3, 0.4) is 0 Å². The minimum atomic E-state index is -0.444. The van der Waals surface area contributed by atoms with Crippen LogP contribution in [0.15, 0.2) is 53.5 Å². The van der Waals surface area contributed by atoms with Gasteiger partial charge in [0, 0.05) is 32.9 Å². The van der Waals surface area contributed by atoms with Gasteiger partial charge in [-0.25, -0.2) is 0 Å². The zero-order chi connectivity index (χ0) is 15.2. The molecular formula is C16H19N3O2. The summed E-state index contributed by atoms with van der Waals surface area (Å²) in [4.78, 5) is 23.6. The van der Waals surface area contributed by atoms with Crippen molar-refractivity contribution >= 4 is 5.91 Å². The van der Waals surface area contributed by atoms with Gasteiger partial charge in [0.1, 0.15) is 6.04 Å². The van der Waals surface area contributed by atoms with Gasteiger partial charge < -0.3 is 9.88 Å². The average molecular weight is 285 g/mol. The molecule has 2 N–H and O–H groups in total. The topological polar surface area (TPSA) is 63.1 Å². The van der Waals surface area contributed by atoms with Gasteiger partial charge in [-0.3, -0.25) is 14.9 Å². The lowest BCUT2D eigenvalue weighted by atomic mass is 10.1. The van der Waals surface area contributed by atoms with Gasteiger partial charge in [-0.05, 0) is 17.2 Å². The van der Waals surface area contributed by atoms with Crippen LogP contribution in [0.5, 0.6) is 0 Å². The lowest BCUT2D eigenvalue weighted by molar-refractivity contribution is -0.122. The Balaban J connectivity index is 2.14. The van der Waals surface area contributed by atoms with Crippen LogP contribution in [-0.4, -0.2) is 17.5 Å². The standard InChI is InChI=1S/C16H19N3O2/c1-17-16(21)15(13-6-4-3-5-7-13)18-11-12-8-9-19(2)14(20)10-12/h3-10,15,18H,11H2,1-2H3,(H,17,21)/t15-/m1/s1. The highest BCUT2D eigenvalue weighted by molar-refractivity contribution is 5.82. The molecule has 0 aliphatic rings. The summed E-state index contributed by atoms with van der Waals surface area (Å²) in [6, 6.07) is 12.5. The molecule has 0 radical (unpaired) electrons. The number of hydrogen-bond acceptors (Lipinski definition) is 3. The Morgan fingerprint density at radius 1 is 1.24 bits per heavy atom. The molecule has 1 heterocycles. The zero-order valence-corrected chi connectivity index (χ0v) is 12.2. The summed E-state index contributed by atoms with van der Waals surface area (Å²) < 4.78 is 1.51. The van der Waals surface area contributed by atoms with Crippen LogP contribution in [-0.2, 0) is 18.4 Å². The first kappa shape index (κ1) is 15.0. The molecule has 0 saturated carbocycles. The normalized spacial score (nSPS) is 11.9. The SMILES string of the molecule is CNC(=O)[C@H](NCc1ccn(C)c(=O)c1)c1ccccc1. The third kappa shape index (κ3) is 3.79. The first-order valence-corrected chi connectivity index (χ1v) is 6.77. The molecule has 5 nitrogen and oxygen atoms in total. The monoisotopic (exact) mass is 285 g/mol. The van der Waals surface area contributed by atoms with E-state index in [0.717, 1.165) is 11.1 Å². The molecule has 2 aromatic rings. The molecular weight excluding hydrogens is 266 g/mol. The number of aromatic nitrogens is 1. The minimum absolute atomic E-state index is 0.0643. The molecule has 1 amide bonds. The van der Waals surface area contributed by atoms with Crippen LogP contribution in [0.4, 0.5) is 0 Å². The number of likely N-dealkylation sites (N-methyl/N-ethyl adjacent to an activating group) is 1. The Bertz CT molecular complexity index is 665. The van der Waals surface area contributed by atoms with E-state index in [4.69, 9.17) is 0 Å². The van der Waals surface area contributed by atoms with Crippen molar-refractivity contribution < 1.29 is 4.79 Å². The highest BCUT2D eigenvalue weighted by Gasteiger charge is 2.18. The largest absolute Gasteiger partial charge is 0.358 e. The van der Waals surface area contributed by atoms with Gasteiger partial charge in [-0.1, -0.05) is 30.3 Å². The molecule has 0 spiro atoms. The first-order valence-electron chi connectivity index (χ1n) is 6.77. The summed E-state index contributed by atoms with van der Waals surface area (Å²) in [5.74, 6) is -0.106. The Labute approximate surface area is 123 Å². The third-order valence-electron chi connectivity index (χ3n) is 3.32. The summed E-state index contributed by atoms with van der Waals surface area (Å²) in [6.07, 6.45) is 1.72. The second-order valence-corrected chi connectivity index (χ2v) is 4.82. The molecule has 0 saturated heterocycles. The number of amides is 1. The van der Waals surface area contributed by atoms with Crippen LogP contribution in [0.1, 0.15) is 17.2 Å². The maximum absolute atomic E-state index is 12.0. The van der Waals surface area contributed by atoms with Gasteiger partial charge in [0.25, 0.3) is 5.56 Å². The Hall–Kier alpha value is -2.40. The van der Waals surface area contributed by atoms with Crippen LogP contribution in [0.2, 0.25) is 0 Å². The van der Waals surface area contributed by atoms with E-state index in [1.807, 2.05) is 36.4 Å². The predicted molar refractivity (Wildman–Crippen MR) is 81.8 cm³/mol. The summed E-state index contributed by atoms with van der Waals surface area (Å²) in [7, 11) is 3.31. The maximum atomic E-state index is 12.0. The van der Waals surface area contributed by atoms with Gasteiger partial charge in [0.15, 0.2) is 0 Å². The van der Waals surface area contributed by atoms with Gasteiger partial charge in [-0.15, -0.1) is 0 Å². The molecule has 1 aromatic carbocycles. The van der Waals surface area contributed by atoms with Crippen LogP contribution in [0.25, 0.3) is 0 Å². The number of carbonyl (C=O) groups excluding carboxylic acids is 1. The summed E-state index contributed by atoms with van der Waals surface area (Å²) >= 11 is 0. The van der Waals surface area contributed by atoms with E-state index < -0.39 is 6.04 Å². The number of rotatable bonds is 5. The minimum Gasteiger partial charge on any atom is -0.358 e. The average Bonchev–Trinajstić information content (AvgIpc) is 2.51. The quantitative estimate of drug-likeness (QED) is 0.860. The van der Waals surface area contributed by atoms with E-state index in [1.54, 1.807) is 26.4 Å². The van der Waals surface area contributed by atoms with E-state index in [2.05, 4.69) is 10.6 Å². The van der Waals surface area contributed by atoms with E-state index in [0.29, 0.717) is 6.54 Å². The van der Waals surface area contributed by atoms with Crippen LogP contribution in [0, 0.1) is 0 Å². The second-order valence-electron chi connectivity index (χ2n) is 4.82. The molecule has 2 rings (SSSR count). The zero-order valence-electron chi connectivity index (χ0n) is 12.2. The number of hydrogen-bond donors (Lipinski definition) is 2. The van der Waals surface area contributed by atoms with E-state index in [-0.39, 0.29) is 11.5 Å². The van der Waals surface area contributed by atoms with Gasteiger partial charge >= 0.3 is 0 Å². The van der Waals surface area contributed by atoms with E-state index in [9.17, 15) is 9.59 Å². The van der Waals surface area contributed by atoms with Crippen molar-refractivity contribution in [3.8, 4) is 0 Å². The molecule has 1 atom stereocenters. The molecule has 1 aromatic heterocycles. The molecule has 0 bridgehead atoms. The fourth-order valence-corrected chi connectivity index (χ4v) is 2.07. The van der Waals surface area contributed by atoms with Crippen molar-refractivity contribution in [2.45, 2.75) is 12.6 Å². The lowest BCUT2D eigenvalue weighted by Gasteiger charge is -2.17. The smallest absolute Gasteiger partial charge is 0.250 e. The van der Waals surface area contributed by atoms with Crippen molar-refractivity contribution in [3.05, 3.63) is 70.1 Å². The molecule has 0 aliphatic heterocycles. The molecule has 0 fully saturated rings. The molecule has 21 heavy (non-hydrogen) atoms. The van der Waals surface area contributed by atoms with Gasteiger partial charge in [0.05, 0.1) is 0 Å². The van der Waals surface area contributed by atoms with E-state index >= 15 is 0 Å². The summed E-state index contributed by atoms with van der Waals surface area (Å²) in [5, 5.41) is 5.84. The fourth-order valence-electron chi connectivity index (χ4n) is 2.07. The fraction of sp³-hybridized carbons (Fsp3) is 0.250. The van der Waals surface area contributed by atoms with Gasteiger partial charge in [0.2, 0.25) is 5.91 Å². The second kappa shape index (κ2) is 6.85. The molecule has 0 unspecified atom stereocenters. The summed E-state index contributed by atoms with van der Waals surface area (Å²) in [5.41, 5.74) is 1.68. The number of pyridine rings is 1. The van der Waals surface area contributed by atoms with Crippen molar-refractivity contribution in [2.24, 2.45) is 7.05 Å². The summed E-state index contributed by atoms with van der Waals surface area (Å²) in [6.45, 7) is 0.447. The number of benzene rings is 1. The third-order valence-corrected chi connectivity index (χ3v) is 3.32. The van der Waals surface area contributed by atoms with Crippen molar-refractivity contribution in [3.63, 3.8) is 0 Å². The van der Waals surface area contributed by atoms with Gasteiger partial charge in [-0.2, -0.15) is 0 Å². The number of nitrogens with zero attached hydrogens (tertiary/aromatic N) is 1. The maximum Gasteiger partial charge on any atom is 0.250 e. The number of aryl methyl sites for hydroxylation is 1. The number of carbonyl (C=O) groups is 1. The highest BCUT2D eigenvalue weighted by atomic mass is 16.2. The van der Waals surface area contributed by atoms with Crippen molar-refractivity contribution in [2.75, 3.05) is 7.05 Å². The Morgan fingerprint density at radius 3 is 2.57 bits per heavy atom. The Kier molecular flexibility index (Phi) is 4.90. The van der Waals surface area contributed by atoms with E-state index in [1.165, 1.54) is 4.57 Å². The lowest BCUT2D eigenvalue weighted by Crippen LogP contribution is -2.35. The van der Waals surface area contributed by atoms with Crippen molar-refractivity contribution in [1.29, 1.82) is 0 Å². The molecule has 0 aliphatic carbocycles. The number of nitrogens with one attached hydrogen (secondary N) is 2. The van der Waals surface area contributed by atoms with Crippen LogP contribution < -0.4 is 16.2 Å². The highest BCUT2D eigenvalue weighted by Crippen LogP contribution is 2.13. The van der Waals surface area contributed by atoms with Crippen molar-refractivity contribution in [1.82, 2.24) is 15.2 Å². The van der Waals surface area contributed by atoms with Crippen LogP contribution >= 0.6 is 0 Å². The molecule has 5 heteroatoms. The molecule has 110 valence electrons. The predicted octanol–water partition coefficient (Wildman–Crippen LogP) is 0.962. The Morgan fingerprint density at radius 2 is 1.95 bits per heavy atom.